The average Bonchev–Trinajstić information content (AvgIpc) is 2.82. The molecule has 0 saturated carbocycles. The molecule has 0 radical (unpaired) electrons. The summed E-state index contributed by atoms with van der Waals surface area (Å²) in [5.41, 5.74) is 0.798. The molecular formula is C18H21NO4S2. The lowest BCUT2D eigenvalue weighted by Crippen LogP contribution is -2.34. The van der Waals surface area contributed by atoms with Crippen molar-refractivity contribution in [2.24, 2.45) is 5.92 Å². The predicted octanol–water partition coefficient (Wildman–Crippen LogP) is 3.49. The summed E-state index contributed by atoms with van der Waals surface area (Å²) in [5.74, 6) is 0.195. The number of rotatable bonds is 7. The molecule has 1 aliphatic heterocycles. The Labute approximate surface area is 157 Å². The van der Waals surface area contributed by atoms with Gasteiger partial charge < -0.3 is 9.47 Å². The lowest BCUT2D eigenvalue weighted by molar-refractivity contribution is -0.147. The van der Waals surface area contributed by atoms with Crippen LogP contribution >= 0.6 is 24.0 Å². The van der Waals surface area contributed by atoms with Gasteiger partial charge in [-0.3, -0.25) is 14.5 Å². The summed E-state index contributed by atoms with van der Waals surface area (Å²) in [5, 5.41) is 0. The van der Waals surface area contributed by atoms with Crippen molar-refractivity contribution < 1.29 is 19.1 Å². The maximum absolute atomic E-state index is 12.6. The number of para-hydroxylation sites is 1. The number of carbonyl (C=O) groups excluding carboxylic acids is 2. The van der Waals surface area contributed by atoms with Crippen LogP contribution in [0.4, 0.5) is 0 Å². The van der Waals surface area contributed by atoms with Gasteiger partial charge in [0, 0.05) is 5.56 Å². The van der Waals surface area contributed by atoms with Gasteiger partial charge in [-0.2, -0.15) is 0 Å². The van der Waals surface area contributed by atoms with Crippen LogP contribution in [0.3, 0.4) is 0 Å². The zero-order valence-corrected chi connectivity index (χ0v) is 16.1. The summed E-state index contributed by atoms with van der Waals surface area (Å²) in [7, 11) is 0. The highest BCUT2D eigenvalue weighted by Gasteiger charge is 2.34. The quantitative estimate of drug-likeness (QED) is 0.411. The Balaban J connectivity index is 2.11. The number of hydrogen-bond donors (Lipinski definition) is 0. The van der Waals surface area contributed by atoms with Crippen molar-refractivity contribution in [3.05, 3.63) is 34.7 Å². The van der Waals surface area contributed by atoms with Crippen molar-refractivity contribution in [1.82, 2.24) is 4.90 Å². The number of benzene rings is 1. The molecule has 1 heterocycles. The predicted molar refractivity (Wildman–Crippen MR) is 103 cm³/mol. The highest BCUT2D eigenvalue weighted by molar-refractivity contribution is 8.26. The summed E-state index contributed by atoms with van der Waals surface area (Å²) in [6.07, 6.45) is 1.74. The molecule has 0 spiro atoms. The third kappa shape index (κ3) is 5.31. The van der Waals surface area contributed by atoms with E-state index in [0.717, 1.165) is 5.56 Å². The lowest BCUT2D eigenvalue weighted by Gasteiger charge is -2.14. The van der Waals surface area contributed by atoms with Crippen LogP contribution in [0.5, 0.6) is 5.75 Å². The minimum Gasteiger partial charge on any atom is -0.493 e. The van der Waals surface area contributed by atoms with Crippen LogP contribution in [-0.2, 0) is 14.3 Å². The molecule has 0 N–H and O–H groups in total. The van der Waals surface area contributed by atoms with Gasteiger partial charge in [-0.05, 0) is 25.0 Å². The van der Waals surface area contributed by atoms with Gasteiger partial charge in [-0.25, -0.2) is 0 Å². The van der Waals surface area contributed by atoms with E-state index >= 15 is 0 Å². The molecule has 7 heteroatoms. The number of thioether (sulfide) groups is 1. The minimum atomic E-state index is -0.457. The van der Waals surface area contributed by atoms with Gasteiger partial charge in [0.1, 0.15) is 16.6 Å². The second kappa shape index (κ2) is 9.01. The molecule has 0 unspecified atom stereocenters. The Kier molecular flexibility index (Phi) is 7.01. The topological polar surface area (TPSA) is 55.8 Å². The fraction of sp³-hybridized carbons (Fsp3) is 0.389. The van der Waals surface area contributed by atoms with E-state index in [9.17, 15) is 9.59 Å². The fourth-order valence-electron chi connectivity index (χ4n) is 2.10. The minimum absolute atomic E-state index is 0.165. The molecule has 1 saturated heterocycles. The third-order valence-electron chi connectivity index (χ3n) is 3.24. The number of esters is 1. The van der Waals surface area contributed by atoms with Crippen molar-refractivity contribution in [2.75, 3.05) is 19.8 Å². The van der Waals surface area contributed by atoms with Gasteiger partial charge >= 0.3 is 5.97 Å². The van der Waals surface area contributed by atoms with E-state index in [2.05, 4.69) is 0 Å². The zero-order valence-electron chi connectivity index (χ0n) is 14.5. The standard InChI is InChI=1S/C18H21NO4S2/c1-4-22-14-8-6-5-7-13(14)9-15-17(21)19(18(24)25-15)10-16(20)23-11-12(2)3/h5-9,12H,4,10-11H2,1-3H3. The summed E-state index contributed by atoms with van der Waals surface area (Å²) >= 11 is 6.41. The molecule has 1 fully saturated rings. The first-order chi connectivity index (χ1) is 11.9. The second-order valence-corrected chi connectivity index (χ2v) is 7.49. The van der Waals surface area contributed by atoms with Gasteiger partial charge in [0.05, 0.1) is 18.1 Å². The number of thiocarbonyl (C=S) groups is 1. The van der Waals surface area contributed by atoms with E-state index in [0.29, 0.717) is 28.2 Å². The van der Waals surface area contributed by atoms with Crippen molar-refractivity contribution in [2.45, 2.75) is 20.8 Å². The highest BCUT2D eigenvalue weighted by atomic mass is 32.2. The van der Waals surface area contributed by atoms with Crippen molar-refractivity contribution >= 4 is 46.3 Å². The van der Waals surface area contributed by atoms with E-state index in [1.54, 1.807) is 6.08 Å². The smallest absolute Gasteiger partial charge is 0.326 e. The normalized spacial score (nSPS) is 16.0. The Bertz CT molecular complexity index is 700. The molecule has 2 rings (SSSR count). The summed E-state index contributed by atoms with van der Waals surface area (Å²) in [6, 6.07) is 7.46. The molecular weight excluding hydrogens is 358 g/mol. The Hall–Kier alpha value is -1.86. The van der Waals surface area contributed by atoms with Crippen LogP contribution in [0, 0.1) is 5.92 Å². The summed E-state index contributed by atoms with van der Waals surface area (Å²) < 4.78 is 11.0. The highest BCUT2D eigenvalue weighted by Crippen LogP contribution is 2.34. The van der Waals surface area contributed by atoms with Crippen LogP contribution in [0.15, 0.2) is 29.2 Å². The van der Waals surface area contributed by atoms with Crippen molar-refractivity contribution in [3.8, 4) is 5.75 Å². The molecule has 1 amide bonds. The number of carbonyl (C=O) groups is 2. The molecule has 134 valence electrons. The van der Waals surface area contributed by atoms with E-state index in [1.165, 1.54) is 16.7 Å². The fourth-order valence-corrected chi connectivity index (χ4v) is 3.34. The SMILES string of the molecule is CCOc1ccccc1C=C1SC(=S)N(CC(=O)OCC(C)C)C1=O. The third-order valence-corrected chi connectivity index (χ3v) is 4.62. The molecule has 0 bridgehead atoms. The Morgan fingerprint density at radius 3 is 2.76 bits per heavy atom. The average molecular weight is 380 g/mol. The van der Waals surface area contributed by atoms with Crippen LogP contribution < -0.4 is 4.74 Å². The largest absolute Gasteiger partial charge is 0.493 e. The molecule has 1 aromatic carbocycles. The summed E-state index contributed by atoms with van der Waals surface area (Å²) in [4.78, 5) is 26.2. The first kappa shape index (κ1) is 19.5. The first-order valence-electron chi connectivity index (χ1n) is 8.05. The van der Waals surface area contributed by atoms with Crippen LogP contribution in [0.2, 0.25) is 0 Å². The first-order valence-corrected chi connectivity index (χ1v) is 9.27. The van der Waals surface area contributed by atoms with Crippen LogP contribution in [-0.4, -0.2) is 40.9 Å². The second-order valence-electron chi connectivity index (χ2n) is 5.82. The Morgan fingerprint density at radius 1 is 1.36 bits per heavy atom. The molecule has 1 aliphatic rings. The van der Waals surface area contributed by atoms with E-state index in [1.807, 2.05) is 45.0 Å². The van der Waals surface area contributed by atoms with Crippen LogP contribution in [0.1, 0.15) is 26.3 Å². The van der Waals surface area contributed by atoms with Gasteiger partial charge in [-0.1, -0.05) is 56.0 Å². The lowest BCUT2D eigenvalue weighted by atomic mass is 10.2. The number of hydrogen-bond acceptors (Lipinski definition) is 6. The molecule has 0 aliphatic carbocycles. The monoisotopic (exact) mass is 379 g/mol. The molecule has 0 atom stereocenters. The molecule has 1 aromatic rings. The van der Waals surface area contributed by atoms with Gasteiger partial charge in [0.25, 0.3) is 5.91 Å². The molecule has 5 nitrogen and oxygen atoms in total. The maximum Gasteiger partial charge on any atom is 0.326 e. The number of amides is 1. The van der Waals surface area contributed by atoms with Gasteiger partial charge in [-0.15, -0.1) is 0 Å². The molecule has 25 heavy (non-hydrogen) atoms. The van der Waals surface area contributed by atoms with Gasteiger partial charge in [0.2, 0.25) is 0 Å². The maximum atomic E-state index is 12.6. The number of ether oxygens (including phenoxy) is 2. The zero-order chi connectivity index (χ0) is 18.4. The van der Waals surface area contributed by atoms with Gasteiger partial charge in [0.15, 0.2) is 0 Å². The molecule has 0 aromatic heterocycles. The van der Waals surface area contributed by atoms with Crippen molar-refractivity contribution in [1.29, 1.82) is 0 Å². The van der Waals surface area contributed by atoms with Crippen LogP contribution in [0.25, 0.3) is 6.08 Å². The summed E-state index contributed by atoms with van der Waals surface area (Å²) in [6.45, 7) is 6.50. The van der Waals surface area contributed by atoms with E-state index in [4.69, 9.17) is 21.7 Å². The van der Waals surface area contributed by atoms with Crippen molar-refractivity contribution in [3.63, 3.8) is 0 Å². The number of nitrogens with zero attached hydrogens (tertiary/aromatic N) is 1. The Morgan fingerprint density at radius 2 is 2.08 bits per heavy atom. The van der Waals surface area contributed by atoms with E-state index < -0.39 is 5.97 Å². The van der Waals surface area contributed by atoms with E-state index in [-0.39, 0.29) is 18.4 Å².